The lowest BCUT2D eigenvalue weighted by atomic mass is 9.89. The molecule has 1 atom stereocenters. The lowest BCUT2D eigenvalue weighted by Gasteiger charge is -2.32. The molecule has 1 N–H and O–H groups in total. The van der Waals surface area contributed by atoms with Gasteiger partial charge in [-0.1, -0.05) is 12.1 Å². The molecule has 2 saturated heterocycles. The monoisotopic (exact) mass is 467 g/mol. The average Bonchev–Trinajstić information content (AvgIpc) is 3.38. The molecular formula is C25H33N5O4. The molecule has 0 aliphatic carbocycles. The maximum absolute atomic E-state index is 12.8. The zero-order valence-corrected chi connectivity index (χ0v) is 19.7. The van der Waals surface area contributed by atoms with Crippen molar-refractivity contribution < 1.29 is 19.1 Å². The van der Waals surface area contributed by atoms with Crippen molar-refractivity contribution in [1.29, 1.82) is 0 Å². The van der Waals surface area contributed by atoms with Crippen molar-refractivity contribution in [2.75, 3.05) is 63.3 Å². The van der Waals surface area contributed by atoms with Crippen LogP contribution in [0.2, 0.25) is 0 Å². The minimum absolute atomic E-state index is 0.0393. The molecular weight excluding hydrogens is 434 g/mol. The quantitative estimate of drug-likeness (QED) is 0.565. The van der Waals surface area contributed by atoms with Gasteiger partial charge >= 0.3 is 0 Å². The molecule has 2 fully saturated rings. The molecule has 0 spiro atoms. The first-order chi connectivity index (χ1) is 16.6. The molecule has 182 valence electrons. The van der Waals surface area contributed by atoms with Crippen LogP contribution in [0.3, 0.4) is 0 Å². The standard InChI is InChI=1S/C25H33N5O4/c1-33-15-16-34-18-24(31)29-12-8-20(9-13-29)19-4-6-22(7-5-19)27-25(32)21-10-14-30(17-21)23-3-2-11-26-28-23/h2-7,11,20-21H,8-10,12-18H2,1H3,(H,27,32)/t21-/m0/s1. The van der Waals surface area contributed by atoms with Gasteiger partial charge in [-0.15, -0.1) is 5.10 Å². The number of aromatic nitrogens is 2. The second-order valence-corrected chi connectivity index (χ2v) is 8.83. The first-order valence-electron chi connectivity index (χ1n) is 11.9. The third-order valence-corrected chi connectivity index (χ3v) is 6.60. The SMILES string of the molecule is COCCOCC(=O)N1CCC(c2ccc(NC(=O)[C@H]3CCN(c4cccnn4)C3)cc2)CC1. The number of likely N-dealkylation sites (tertiary alicyclic amines) is 1. The predicted molar refractivity (Wildman–Crippen MR) is 129 cm³/mol. The van der Waals surface area contributed by atoms with Gasteiger partial charge in [0.1, 0.15) is 6.61 Å². The fourth-order valence-electron chi connectivity index (χ4n) is 4.58. The summed E-state index contributed by atoms with van der Waals surface area (Å²) in [6, 6.07) is 11.9. The van der Waals surface area contributed by atoms with Crippen LogP contribution in [0, 0.1) is 5.92 Å². The largest absolute Gasteiger partial charge is 0.382 e. The van der Waals surface area contributed by atoms with Crippen LogP contribution in [0.25, 0.3) is 0 Å². The number of carbonyl (C=O) groups is 2. The van der Waals surface area contributed by atoms with E-state index in [2.05, 4.69) is 32.5 Å². The second-order valence-electron chi connectivity index (χ2n) is 8.83. The molecule has 2 amide bonds. The molecule has 9 nitrogen and oxygen atoms in total. The summed E-state index contributed by atoms with van der Waals surface area (Å²) in [4.78, 5) is 29.0. The third-order valence-electron chi connectivity index (χ3n) is 6.60. The number of hydrogen-bond acceptors (Lipinski definition) is 7. The fraction of sp³-hybridized carbons (Fsp3) is 0.520. The number of piperidine rings is 1. The van der Waals surface area contributed by atoms with Crippen molar-refractivity contribution in [2.24, 2.45) is 5.92 Å². The van der Waals surface area contributed by atoms with Crippen molar-refractivity contribution in [2.45, 2.75) is 25.2 Å². The Morgan fingerprint density at radius 2 is 1.85 bits per heavy atom. The van der Waals surface area contributed by atoms with E-state index in [-0.39, 0.29) is 24.3 Å². The van der Waals surface area contributed by atoms with E-state index in [0.29, 0.717) is 25.7 Å². The summed E-state index contributed by atoms with van der Waals surface area (Å²) in [5.74, 6) is 1.24. The zero-order valence-electron chi connectivity index (χ0n) is 19.7. The van der Waals surface area contributed by atoms with Gasteiger partial charge in [0.15, 0.2) is 5.82 Å². The van der Waals surface area contributed by atoms with Gasteiger partial charge in [0, 0.05) is 45.2 Å². The number of nitrogens with one attached hydrogen (secondary N) is 1. The van der Waals surface area contributed by atoms with Crippen molar-refractivity contribution in [3.8, 4) is 0 Å². The van der Waals surface area contributed by atoms with E-state index in [1.807, 2.05) is 29.2 Å². The summed E-state index contributed by atoms with van der Waals surface area (Å²) in [5, 5.41) is 11.1. The zero-order chi connectivity index (χ0) is 23.8. The Morgan fingerprint density at radius 3 is 2.56 bits per heavy atom. The van der Waals surface area contributed by atoms with Gasteiger partial charge in [0.25, 0.3) is 0 Å². The maximum atomic E-state index is 12.8. The molecule has 9 heteroatoms. The maximum Gasteiger partial charge on any atom is 0.248 e. The molecule has 34 heavy (non-hydrogen) atoms. The van der Waals surface area contributed by atoms with Gasteiger partial charge in [-0.3, -0.25) is 9.59 Å². The van der Waals surface area contributed by atoms with Crippen molar-refractivity contribution >= 4 is 23.3 Å². The van der Waals surface area contributed by atoms with Gasteiger partial charge in [-0.05, 0) is 55.0 Å². The number of amides is 2. The highest BCUT2D eigenvalue weighted by atomic mass is 16.5. The molecule has 1 aromatic carbocycles. The molecule has 0 radical (unpaired) electrons. The first kappa shape index (κ1) is 24.1. The summed E-state index contributed by atoms with van der Waals surface area (Å²) in [6.07, 6.45) is 4.30. The van der Waals surface area contributed by atoms with Gasteiger partial charge in [0.2, 0.25) is 11.8 Å². The lowest BCUT2D eigenvalue weighted by molar-refractivity contribution is -0.137. The van der Waals surface area contributed by atoms with Crippen LogP contribution in [0.5, 0.6) is 0 Å². The minimum Gasteiger partial charge on any atom is -0.382 e. The van der Waals surface area contributed by atoms with Crippen molar-refractivity contribution in [1.82, 2.24) is 15.1 Å². The van der Waals surface area contributed by atoms with Crippen molar-refractivity contribution in [3.05, 3.63) is 48.2 Å². The van der Waals surface area contributed by atoms with E-state index in [4.69, 9.17) is 9.47 Å². The summed E-state index contributed by atoms with van der Waals surface area (Å²) in [7, 11) is 1.61. The Hall–Kier alpha value is -3.04. The van der Waals surface area contributed by atoms with Gasteiger partial charge in [-0.25, -0.2) is 0 Å². The van der Waals surface area contributed by atoms with E-state index < -0.39 is 0 Å². The van der Waals surface area contributed by atoms with E-state index in [1.165, 1.54) is 5.56 Å². The molecule has 3 heterocycles. The van der Waals surface area contributed by atoms with Crippen LogP contribution in [0.15, 0.2) is 42.6 Å². The molecule has 0 unspecified atom stereocenters. The van der Waals surface area contributed by atoms with Crippen LogP contribution in [0.1, 0.15) is 30.7 Å². The molecule has 1 aromatic heterocycles. The normalized spacial score (nSPS) is 18.8. The Bertz CT molecular complexity index is 932. The highest BCUT2D eigenvalue weighted by Gasteiger charge is 2.29. The number of anilines is 2. The topological polar surface area (TPSA) is 96.9 Å². The predicted octanol–water partition coefficient (Wildman–Crippen LogP) is 2.31. The van der Waals surface area contributed by atoms with E-state index in [0.717, 1.165) is 50.4 Å². The van der Waals surface area contributed by atoms with E-state index >= 15 is 0 Å². The van der Waals surface area contributed by atoms with E-state index in [9.17, 15) is 9.59 Å². The van der Waals surface area contributed by atoms with Crippen LogP contribution in [-0.4, -0.2) is 80.0 Å². The van der Waals surface area contributed by atoms with Gasteiger partial charge < -0.3 is 24.6 Å². The number of rotatable bonds is 9. The van der Waals surface area contributed by atoms with Crippen LogP contribution < -0.4 is 10.2 Å². The van der Waals surface area contributed by atoms with Crippen LogP contribution >= 0.6 is 0 Å². The molecule has 0 bridgehead atoms. The Kier molecular flexibility index (Phi) is 8.43. The average molecular weight is 468 g/mol. The Morgan fingerprint density at radius 1 is 1.06 bits per heavy atom. The van der Waals surface area contributed by atoms with E-state index in [1.54, 1.807) is 13.3 Å². The summed E-state index contributed by atoms with van der Waals surface area (Å²) in [5.41, 5.74) is 2.06. The number of ether oxygens (including phenoxy) is 2. The van der Waals surface area contributed by atoms with Crippen LogP contribution in [-0.2, 0) is 19.1 Å². The first-order valence-corrected chi connectivity index (χ1v) is 11.9. The highest BCUT2D eigenvalue weighted by molar-refractivity contribution is 5.93. The number of benzene rings is 1. The number of nitrogens with zero attached hydrogens (tertiary/aromatic N) is 4. The molecule has 2 aliphatic heterocycles. The van der Waals surface area contributed by atoms with Gasteiger partial charge in [-0.2, -0.15) is 5.10 Å². The Labute approximate surface area is 200 Å². The smallest absolute Gasteiger partial charge is 0.248 e. The minimum atomic E-state index is -0.0676. The third kappa shape index (κ3) is 6.30. The van der Waals surface area contributed by atoms with Crippen molar-refractivity contribution in [3.63, 3.8) is 0 Å². The summed E-state index contributed by atoms with van der Waals surface area (Å²) < 4.78 is 10.3. The van der Waals surface area contributed by atoms with Gasteiger partial charge in [0.05, 0.1) is 19.1 Å². The summed E-state index contributed by atoms with van der Waals surface area (Å²) >= 11 is 0. The van der Waals surface area contributed by atoms with Crippen LogP contribution in [0.4, 0.5) is 11.5 Å². The molecule has 2 aliphatic rings. The number of methoxy groups -OCH3 is 1. The Balaban J connectivity index is 1.22. The lowest BCUT2D eigenvalue weighted by Crippen LogP contribution is -2.40. The molecule has 4 rings (SSSR count). The second kappa shape index (κ2) is 11.9. The highest BCUT2D eigenvalue weighted by Crippen LogP contribution is 2.29. The molecule has 0 saturated carbocycles. The molecule has 2 aromatic rings. The fourth-order valence-corrected chi connectivity index (χ4v) is 4.58. The number of carbonyl (C=O) groups excluding carboxylic acids is 2. The number of hydrogen-bond donors (Lipinski definition) is 1. The summed E-state index contributed by atoms with van der Waals surface area (Å²) in [6.45, 7) is 3.96.